The first-order chi connectivity index (χ1) is 27.4. The van der Waals surface area contributed by atoms with Crippen molar-refractivity contribution in [2.75, 3.05) is 26.2 Å². The van der Waals surface area contributed by atoms with E-state index in [9.17, 15) is 28.0 Å². The summed E-state index contributed by atoms with van der Waals surface area (Å²) < 4.78 is 29.9. The van der Waals surface area contributed by atoms with Gasteiger partial charge < -0.3 is 10.2 Å². The van der Waals surface area contributed by atoms with Crippen LogP contribution in [-0.2, 0) is 35.5 Å². The van der Waals surface area contributed by atoms with E-state index in [1.807, 2.05) is 6.07 Å². The summed E-state index contributed by atoms with van der Waals surface area (Å²) in [4.78, 5) is 57.5. The van der Waals surface area contributed by atoms with Crippen LogP contribution in [0.5, 0.6) is 0 Å². The average molecular weight is 803 g/mol. The zero-order chi connectivity index (χ0) is 40.5. The van der Waals surface area contributed by atoms with E-state index in [2.05, 4.69) is 50.6 Å². The standard InChI is InChI=1S/C22H18FN3O2.C20H16FN3O.C2H3ClO.CH4/c1-15(27)25-10-9-21-24-20-14-17(6-5-16-3-2-4-18(23)13-16)7-8-19(20)22(28)26(21)12-11-25;21-16-3-1-2-14(12-16)4-5-15-6-7-17-18(13-15)23-19-8-9-22-10-11-24(19)20(17)25;1-2(3)4;/h2-4,7-8,13-14H,9-12H2,1H3;1-3,6-7,12-13,22H,8-11H2;1H3;1H4. The summed E-state index contributed by atoms with van der Waals surface area (Å²) in [6, 6.07) is 22.9. The summed E-state index contributed by atoms with van der Waals surface area (Å²) in [6.07, 6.45) is 1.26. The van der Waals surface area contributed by atoms with E-state index < -0.39 is 0 Å². The number of fused-ring (bicyclic) bond motifs is 4. The molecule has 0 atom stereocenters. The van der Waals surface area contributed by atoms with E-state index in [0.29, 0.717) is 76.9 Å². The number of halogens is 3. The Kier molecular flexibility index (Phi) is 14.4. The van der Waals surface area contributed by atoms with Gasteiger partial charge >= 0.3 is 0 Å². The van der Waals surface area contributed by atoms with E-state index in [0.717, 1.165) is 30.9 Å². The van der Waals surface area contributed by atoms with Crippen molar-refractivity contribution in [1.82, 2.24) is 29.3 Å². The van der Waals surface area contributed by atoms with E-state index in [-0.39, 0.29) is 41.3 Å². The van der Waals surface area contributed by atoms with Crippen molar-refractivity contribution in [2.45, 2.75) is 47.2 Å². The Labute approximate surface area is 339 Å². The lowest BCUT2D eigenvalue weighted by molar-refractivity contribution is -0.128. The van der Waals surface area contributed by atoms with Crippen LogP contribution < -0.4 is 16.4 Å². The van der Waals surface area contributed by atoms with Crippen LogP contribution in [0.4, 0.5) is 8.78 Å². The van der Waals surface area contributed by atoms with Gasteiger partial charge in [0.25, 0.3) is 11.1 Å². The third kappa shape index (κ3) is 10.9. The summed E-state index contributed by atoms with van der Waals surface area (Å²) in [5.41, 5.74) is 3.78. The number of hydrogen-bond donors (Lipinski definition) is 1. The number of rotatable bonds is 0. The molecule has 10 nitrogen and oxygen atoms in total. The second kappa shape index (κ2) is 19.6. The highest BCUT2D eigenvalue weighted by atomic mass is 35.5. The highest BCUT2D eigenvalue weighted by Gasteiger charge is 2.19. The molecule has 6 aromatic rings. The number of nitrogens with zero attached hydrogens (tertiary/aromatic N) is 5. The maximum absolute atomic E-state index is 13.3. The van der Waals surface area contributed by atoms with Gasteiger partial charge in [-0.2, -0.15) is 0 Å². The molecule has 0 unspecified atom stereocenters. The summed E-state index contributed by atoms with van der Waals surface area (Å²) >= 11 is 4.64. The highest BCUT2D eigenvalue weighted by molar-refractivity contribution is 6.62. The molecule has 2 aromatic heterocycles. The number of carbonyl (C=O) groups excluding carboxylic acids is 2. The first-order valence-electron chi connectivity index (χ1n) is 18.2. The molecule has 2 aliphatic rings. The summed E-state index contributed by atoms with van der Waals surface area (Å²) in [7, 11) is 0. The highest BCUT2D eigenvalue weighted by Crippen LogP contribution is 2.15. The second-order valence-electron chi connectivity index (χ2n) is 13.2. The predicted octanol–water partition coefficient (Wildman–Crippen LogP) is 5.83. The molecule has 0 bridgehead atoms. The Balaban J connectivity index is 0.000000200. The molecule has 4 aromatic carbocycles. The Morgan fingerprint density at radius 3 is 1.59 bits per heavy atom. The van der Waals surface area contributed by atoms with Gasteiger partial charge in [0, 0.05) is 88.2 Å². The fourth-order valence-electron chi connectivity index (χ4n) is 6.35. The monoisotopic (exact) mass is 802 g/mol. The molecule has 8 rings (SSSR count). The van der Waals surface area contributed by atoms with Crippen LogP contribution in [0.25, 0.3) is 21.8 Å². The van der Waals surface area contributed by atoms with Crippen molar-refractivity contribution in [3.05, 3.63) is 151 Å². The predicted molar refractivity (Wildman–Crippen MR) is 223 cm³/mol. The maximum atomic E-state index is 13.3. The Hall–Kier alpha value is -6.47. The molecule has 1 amide bonds. The number of nitrogens with one attached hydrogen (secondary N) is 1. The summed E-state index contributed by atoms with van der Waals surface area (Å²) in [6.45, 7) is 6.55. The van der Waals surface area contributed by atoms with Crippen LogP contribution in [0.15, 0.2) is 94.5 Å². The zero-order valence-electron chi connectivity index (χ0n) is 31.2. The van der Waals surface area contributed by atoms with Gasteiger partial charge in [-0.25, -0.2) is 18.7 Å². The SMILES string of the molecule is C.CC(=O)Cl.CC(=O)N1CCc2nc3cc(C#Cc4cccc(F)c4)ccc3c(=O)n2CC1.O=c1c2ccc(C#Cc3cccc(F)c3)cc2nc2n1CCNCC2. The van der Waals surface area contributed by atoms with Crippen LogP contribution in [0.2, 0.25) is 0 Å². The van der Waals surface area contributed by atoms with Crippen LogP contribution in [0.3, 0.4) is 0 Å². The van der Waals surface area contributed by atoms with Crippen molar-refractivity contribution in [3.63, 3.8) is 0 Å². The largest absolute Gasteiger partial charge is 0.341 e. The van der Waals surface area contributed by atoms with Crippen LogP contribution in [0.1, 0.15) is 55.2 Å². The molecule has 13 heteroatoms. The molecule has 0 saturated carbocycles. The van der Waals surface area contributed by atoms with E-state index in [4.69, 9.17) is 0 Å². The van der Waals surface area contributed by atoms with Crippen molar-refractivity contribution >= 4 is 44.6 Å². The molecular weight excluding hydrogens is 762 g/mol. The minimum Gasteiger partial charge on any atom is -0.341 e. The Morgan fingerprint density at radius 1 is 0.638 bits per heavy atom. The molecule has 2 aliphatic heterocycles. The molecule has 4 heterocycles. The second-order valence-corrected chi connectivity index (χ2v) is 13.7. The molecule has 296 valence electrons. The summed E-state index contributed by atoms with van der Waals surface area (Å²) in [5.74, 6) is 12.7. The van der Waals surface area contributed by atoms with Crippen molar-refractivity contribution in [1.29, 1.82) is 0 Å². The van der Waals surface area contributed by atoms with Gasteiger partial charge in [0.1, 0.15) is 23.3 Å². The minimum absolute atomic E-state index is 0. The average Bonchev–Trinajstić information content (AvgIpc) is 3.56. The number of amides is 1. The van der Waals surface area contributed by atoms with Gasteiger partial charge in [-0.15, -0.1) is 0 Å². The van der Waals surface area contributed by atoms with Crippen molar-refractivity contribution in [3.8, 4) is 23.7 Å². The first kappa shape index (κ1) is 42.7. The third-order valence-corrected chi connectivity index (χ3v) is 9.10. The number of carbonyl (C=O) groups is 2. The van der Waals surface area contributed by atoms with Gasteiger partial charge in [0.15, 0.2) is 0 Å². The van der Waals surface area contributed by atoms with Gasteiger partial charge in [-0.3, -0.25) is 28.3 Å². The molecule has 0 radical (unpaired) electrons. The number of aromatic nitrogens is 4. The molecule has 0 aliphatic carbocycles. The Morgan fingerprint density at radius 2 is 1.10 bits per heavy atom. The van der Waals surface area contributed by atoms with Gasteiger partial charge in [0.2, 0.25) is 11.1 Å². The molecule has 58 heavy (non-hydrogen) atoms. The molecule has 0 fully saturated rings. The topological polar surface area (TPSA) is 119 Å². The van der Waals surface area contributed by atoms with Crippen LogP contribution in [-0.4, -0.2) is 61.3 Å². The van der Waals surface area contributed by atoms with E-state index in [1.54, 1.807) is 68.6 Å². The lowest BCUT2D eigenvalue weighted by atomic mass is 10.1. The summed E-state index contributed by atoms with van der Waals surface area (Å²) in [5, 5.41) is 4.04. The number of benzene rings is 4. The normalized spacial score (nSPS) is 12.8. The fraction of sp³-hybridized carbons (Fsp3) is 0.244. The van der Waals surface area contributed by atoms with Gasteiger partial charge in [-0.1, -0.05) is 43.2 Å². The van der Waals surface area contributed by atoms with Crippen molar-refractivity contribution < 1.29 is 18.4 Å². The number of hydrogen-bond acceptors (Lipinski definition) is 7. The third-order valence-electron chi connectivity index (χ3n) is 9.10. The molecule has 0 spiro atoms. The molecule has 0 saturated heterocycles. The van der Waals surface area contributed by atoms with E-state index >= 15 is 0 Å². The Bertz CT molecular complexity index is 2760. The van der Waals surface area contributed by atoms with Gasteiger partial charge in [0.05, 0.1) is 21.8 Å². The zero-order valence-corrected chi connectivity index (χ0v) is 32.0. The van der Waals surface area contributed by atoms with Crippen LogP contribution in [0, 0.1) is 35.3 Å². The fourth-order valence-corrected chi connectivity index (χ4v) is 6.35. The van der Waals surface area contributed by atoms with Crippen LogP contribution >= 0.6 is 11.6 Å². The quantitative estimate of drug-likeness (QED) is 0.152. The lowest BCUT2D eigenvalue weighted by Gasteiger charge is -2.16. The maximum Gasteiger partial charge on any atom is 0.261 e. The first-order valence-corrected chi connectivity index (χ1v) is 18.6. The minimum atomic E-state index is -0.361. The van der Waals surface area contributed by atoms with Gasteiger partial charge in [-0.05, 0) is 84.4 Å². The molecular formula is C45H41ClF2N6O4. The molecule has 1 N–H and O–H groups in total. The lowest BCUT2D eigenvalue weighted by Crippen LogP contribution is -2.32. The van der Waals surface area contributed by atoms with Crippen molar-refractivity contribution in [2.24, 2.45) is 0 Å². The van der Waals surface area contributed by atoms with E-state index in [1.165, 1.54) is 38.1 Å². The smallest absolute Gasteiger partial charge is 0.261 e.